The van der Waals surface area contributed by atoms with E-state index in [1.807, 2.05) is 59.8 Å². The van der Waals surface area contributed by atoms with Gasteiger partial charge in [-0.05, 0) is 115 Å². The summed E-state index contributed by atoms with van der Waals surface area (Å²) in [7, 11) is -0.0316. The number of ether oxygens (including phenoxy) is 4. The van der Waals surface area contributed by atoms with E-state index in [9.17, 15) is 35.6 Å². The highest BCUT2D eigenvalue weighted by Gasteiger charge is 2.24. The van der Waals surface area contributed by atoms with Gasteiger partial charge in [0, 0.05) is 85.2 Å². The van der Waals surface area contributed by atoms with E-state index in [4.69, 9.17) is 40.4 Å². The van der Waals surface area contributed by atoms with Gasteiger partial charge in [-0.2, -0.15) is 0 Å². The molecule has 4 aromatic carbocycles. The van der Waals surface area contributed by atoms with Crippen LogP contribution in [0.2, 0.25) is 5.15 Å². The van der Waals surface area contributed by atoms with Crippen LogP contribution in [0.3, 0.4) is 0 Å². The molecule has 0 bridgehead atoms. The molecule has 0 spiro atoms. The molecular weight excluding hydrogens is 1190 g/mol. The fourth-order valence-electron chi connectivity index (χ4n) is 8.09. The molecule has 2 amide bonds. The molecule has 1 aliphatic rings. The Kier molecular flexibility index (Phi) is 23.3. The first-order valence-electron chi connectivity index (χ1n) is 25.3. The monoisotopic (exact) mass is 1250 g/mol. The third-order valence-electron chi connectivity index (χ3n) is 12.6. The molecule has 7 rings (SSSR count). The SMILES string of the molecule is CN(CCOCCOCCONC(=O)c1ccc(F)c(F)c1Cc1ccc(I)cc1F)CCN(C)CCOCCOCCC(=O)N1CCN(c2cnc3ccc(-c4cnc(Cl)c(NS(=O)(=O)c5ccc(F)cc5)c4)cc3n2)CC1. The van der Waals surface area contributed by atoms with Gasteiger partial charge in [-0.25, -0.2) is 41.4 Å². The summed E-state index contributed by atoms with van der Waals surface area (Å²) in [6, 6.07) is 17.8. The third-order valence-corrected chi connectivity index (χ3v) is 15.0. The van der Waals surface area contributed by atoms with Gasteiger partial charge in [0.15, 0.2) is 16.8 Å². The summed E-state index contributed by atoms with van der Waals surface area (Å²) in [5.74, 6) is -3.65. The van der Waals surface area contributed by atoms with Crippen molar-refractivity contribution in [2.75, 3.05) is 136 Å². The highest BCUT2D eigenvalue weighted by molar-refractivity contribution is 14.1. The van der Waals surface area contributed by atoms with Crippen molar-refractivity contribution in [3.63, 3.8) is 0 Å². The number of likely N-dealkylation sites (N-methyl/N-ethyl adjacent to an activating group) is 2. The number of hydrogen-bond acceptors (Lipinski definition) is 15. The molecule has 0 aliphatic carbocycles. The summed E-state index contributed by atoms with van der Waals surface area (Å²) in [6.45, 7) is 8.21. The normalized spacial score (nSPS) is 13.0. The lowest BCUT2D eigenvalue weighted by Gasteiger charge is -2.35. The lowest BCUT2D eigenvalue weighted by atomic mass is 9.98. The molecule has 2 aromatic heterocycles. The van der Waals surface area contributed by atoms with E-state index >= 15 is 0 Å². The maximum absolute atomic E-state index is 14.7. The first kappa shape index (κ1) is 61.0. The Morgan fingerprint density at radius 3 is 2.04 bits per heavy atom. The molecule has 3 heterocycles. The molecule has 0 saturated carbocycles. The van der Waals surface area contributed by atoms with Crippen molar-refractivity contribution in [2.45, 2.75) is 17.7 Å². The van der Waals surface area contributed by atoms with Gasteiger partial charge >= 0.3 is 0 Å². The van der Waals surface area contributed by atoms with Crippen molar-refractivity contribution in [1.29, 1.82) is 0 Å². The van der Waals surface area contributed by atoms with Gasteiger partial charge in [-0.15, -0.1) is 0 Å². The van der Waals surface area contributed by atoms with Crippen LogP contribution < -0.4 is 15.1 Å². The minimum absolute atomic E-state index is 0.00699. The highest BCUT2D eigenvalue weighted by atomic mass is 127. The molecule has 79 heavy (non-hydrogen) atoms. The number of halogens is 6. The molecule has 0 atom stereocenters. The minimum atomic E-state index is -4.07. The van der Waals surface area contributed by atoms with Gasteiger partial charge in [0.1, 0.15) is 17.5 Å². The molecular formula is C54H61ClF4IN9O9S. The van der Waals surface area contributed by atoms with Crippen LogP contribution in [0, 0.1) is 26.8 Å². The molecule has 0 radical (unpaired) electrons. The second-order valence-corrected chi connectivity index (χ2v) is 21.6. The van der Waals surface area contributed by atoms with Gasteiger partial charge in [-0.1, -0.05) is 23.7 Å². The largest absolute Gasteiger partial charge is 0.379 e. The van der Waals surface area contributed by atoms with Crippen LogP contribution in [-0.4, -0.2) is 176 Å². The Bertz CT molecular complexity index is 3120. The zero-order valence-corrected chi connectivity index (χ0v) is 47.3. The number of nitrogens with zero attached hydrogens (tertiary/aromatic N) is 7. The number of nitrogens with one attached hydrogen (secondary N) is 2. The fraction of sp³-hybridized carbons (Fsp3) is 0.389. The molecule has 1 fully saturated rings. The summed E-state index contributed by atoms with van der Waals surface area (Å²) >= 11 is 8.21. The molecule has 424 valence electrons. The molecule has 1 aliphatic heterocycles. The fourth-order valence-corrected chi connectivity index (χ4v) is 9.80. The van der Waals surface area contributed by atoms with Gasteiger partial charge in [0.25, 0.3) is 15.9 Å². The highest BCUT2D eigenvalue weighted by Crippen LogP contribution is 2.31. The Hall–Kier alpha value is -5.68. The van der Waals surface area contributed by atoms with Gasteiger partial charge in [-0.3, -0.25) is 24.1 Å². The molecule has 6 aromatic rings. The lowest BCUT2D eigenvalue weighted by Crippen LogP contribution is -2.49. The van der Waals surface area contributed by atoms with E-state index in [-0.39, 0.29) is 64.4 Å². The number of hydroxylamine groups is 1. The average Bonchev–Trinajstić information content (AvgIpc) is 3.47. The molecule has 25 heteroatoms. The maximum Gasteiger partial charge on any atom is 0.275 e. The van der Waals surface area contributed by atoms with Crippen molar-refractivity contribution >= 4 is 78.6 Å². The van der Waals surface area contributed by atoms with E-state index in [0.717, 1.165) is 62.6 Å². The number of hydrogen-bond donors (Lipinski definition) is 2. The van der Waals surface area contributed by atoms with Crippen LogP contribution >= 0.6 is 34.2 Å². The second-order valence-electron chi connectivity index (χ2n) is 18.3. The Morgan fingerprint density at radius 1 is 0.696 bits per heavy atom. The Balaban J connectivity index is 0.685. The predicted octanol–water partition coefficient (Wildman–Crippen LogP) is 7.23. The topological polar surface area (TPSA) is 190 Å². The zero-order valence-electron chi connectivity index (χ0n) is 43.6. The van der Waals surface area contributed by atoms with Crippen LogP contribution in [0.25, 0.3) is 22.2 Å². The number of carbonyl (C=O) groups is 2. The third kappa shape index (κ3) is 18.4. The van der Waals surface area contributed by atoms with Crippen LogP contribution in [0.5, 0.6) is 0 Å². The van der Waals surface area contributed by atoms with Crippen molar-refractivity contribution in [3.8, 4) is 11.1 Å². The van der Waals surface area contributed by atoms with Gasteiger partial charge in [0.05, 0.1) is 93.7 Å². The number of piperazine rings is 1. The van der Waals surface area contributed by atoms with Gasteiger partial charge < -0.3 is 38.5 Å². The number of sulfonamides is 1. The van der Waals surface area contributed by atoms with Crippen LogP contribution in [-0.2, 0) is 45.0 Å². The zero-order chi connectivity index (χ0) is 56.3. The number of carbonyl (C=O) groups excluding carboxylic acids is 2. The van der Waals surface area contributed by atoms with E-state index in [0.29, 0.717) is 104 Å². The summed E-state index contributed by atoms with van der Waals surface area (Å²) in [5.41, 5.74) is 4.49. The van der Waals surface area contributed by atoms with Crippen molar-refractivity contribution in [3.05, 3.63) is 140 Å². The van der Waals surface area contributed by atoms with Crippen molar-refractivity contribution < 1.29 is 59.4 Å². The standard InChI is InChI=1S/C54H61ClF4IN9O9S/c1-66(14-15-67(2)21-24-76-27-28-77-29-30-78-64-54(71)43-10-11-45(57)52(59)44(43)31-38-3-7-41(60)34-46(38)58)20-23-75-26-25-74-22-13-51(70)69-18-16-68(17-19-69)50-36-61-47-12-4-37(32-48(47)63-50)39-33-49(53(55)62-35-39)65-79(72,73)42-8-5-40(56)6-9-42/h3-12,32-36,65H,13-31H2,1-2H3,(H,64,71). The maximum atomic E-state index is 14.7. The number of pyridine rings is 1. The van der Waals surface area contributed by atoms with E-state index in [1.165, 1.54) is 18.3 Å². The minimum Gasteiger partial charge on any atom is -0.379 e. The Morgan fingerprint density at radius 2 is 1.35 bits per heavy atom. The van der Waals surface area contributed by atoms with E-state index in [2.05, 4.69) is 34.9 Å². The summed E-state index contributed by atoms with van der Waals surface area (Å²) in [6.07, 6.45) is 3.17. The summed E-state index contributed by atoms with van der Waals surface area (Å²) in [4.78, 5) is 52.7. The number of rotatable bonds is 30. The first-order valence-corrected chi connectivity index (χ1v) is 28.2. The summed E-state index contributed by atoms with van der Waals surface area (Å²) < 4.78 is 108. The summed E-state index contributed by atoms with van der Waals surface area (Å²) in [5, 5.41) is -0.0545. The first-order chi connectivity index (χ1) is 38.0. The second kappa shape index (κ2) is 30.2. The molecule has 0 unspecified atom stereocenters. The molecule has 2 N–H and O–H groups in total. The molecule has 18 nitrogen and oxygen atoms in total. The average molecular weight is 1250 g/mol. The van der Waals surface area contributed by atoms with Crippen LogP contribution in [0.15, 0.2) is 96.2 Å². The molecule has 1 saturated heterocycles. The van der Waals surface area contributed by atoms with Crippen molar-refractivity contribution in [1.82, 2.24) is 35.1 Å². The lowest BCUT2D eigenvalue weighted by molar-refractivity contribution is -0.132. The number of benzene rings is 4. The number of fused-ring (bicyclic) bond motifs is 1. The quantitative estimate of drug-likeness (QED) is 0.0151. The van der Waals surface area contributed by atoms with E-state index in [1.54, 1.807) is 18.3 Å². The van der Waals surface area contributed by atoms with Crippen LogP contribution in [0.4, 0.5) is 29.1 Å². The Labute approximate surface area is 474 Å². The van der Waals surface area contributed by atoms with Crippen molar-refractivity contribution in [2.24, 2.45) is 0 Å². The predicted molar refractivity (Wildman–Crippen MR) is 298 cm³/mol. The number of aromatic nitrogens is 3. The smallest absolute Gasteiger partial charge is 0.275 e. The number of amides is 2. The number of anilines is 2. The van der Waals surface area contributed by atoms with Crippen LogP contribution in [0.1, 0.15) is 27.9 Å². The van der Waals surface area contributed by atoms with E-state index < -0.39 is 39.2 Å². The van der Waals surface area contributed by atoms with Gasteiger partial charge in [0.2, 0.25) is 5.91 Å².